The van der Waals surface area contributed by atoms with Crippen LogP contribution in [0.1, 0.15) is 20.9 Å². The van der Waals surface area contributed by atoms with Crippen molar-refractivity contribution in [1.82, 2.24) is 4.98 Å². The number of ether oxygens (including phenoxy) is 1. The molecule has 3 aromatic carbocycles. The molecular formula is C23H17BrN2O3S. The lowest BCUT2D eigenvalue weighted by atomic mass is 10.1. The molecule has 0 aliphatic heterocycles. The number of anilines is 1. The number of carbonyl (C=O) groups is 2. The molecule has 0 saturated carbocycles. The number of amides is 1. The fraction of sp³-hybridized carbons (Fsp3) is 0.0870. The maximum absolute atomic E-state index is 12.6. The van der Waals surface area contributed by atoms with Crippen molar-refractivity contribution in [2.24, 2.45) is 0 Å². The average molecular weight is 481 g/mol. The van der Waals surface area contributed by atoms with Crippen molar-refractivity contribution in [2.75, 3.05) is 11.9 Å². The largest absolute Gasteiger partial charge is 0.452 e. The molecular weight excluding hydrogens is 464 g/mol. The number of nitrogens with one attached hydrogen (secondary N) is 1. The van der Waals surface area contributed by atoms with E-state index in [4.69, 9.17) is 4.74 Å². The van der Waals surface area contributed by atoms with E-state index in [-0.39, 0.29) is 6.61 Å². The lowest BCUT2D eigenvalue weighted by Gasteiger charge is -2.10. The van der Waals surface area contributed by atoms with Gasteiger partial charge in [0.1, 0.15) is 0 Å². The third kappa shape index (κ3) is 4.75. The molecule has 0 radical (unpaired) electrons. The molecule has 4 rings (SSSR count). The zero-order valence-corrected chi connectivity index (χ0v) is 18.2. The second-order valence-electron chi connectivity index (χ2n) is 6.51. The summed E-state index contributed by atoms with van der Waals surface area (Å²) < 4.78 is 7.12. The second-order valence-corrected chi connectivity index (χ2v) is 8.48. The molecule has 5 nitrogen and oxygen atoms in total. The molecule has 1 N–H and O–H groups in total. The summed E-state index contributed by atoms with van der Waals surface area (Å²) in [6.45, 7) is -0.365. The number of halogens is 1. The van der Waals surface area contributed by atoms with E-state index >= 15 is 0 Å². The number of aromatic nitrogens is 1. The molecule has 7 heteroatoms. The van der Waals surface area contributed by atoms with Crippen molar-refractivity contribution in [3.8, 4) is 0 Å². The fourth-order valence-electron chi connectivity index (χ4n) is 2.99. The predicted molar refractivity (Wildman–Crippen MR) is 122 cm³/mol. The van der Waals surface area contributed by atoms with E-state index in [1.54, 1.807) is 29.5 Å². The molecule has 30 heavy (non-hydrogen) atoms. The Labute approximate surface area is 185 Å². The van der Waals surface area contributed by atoms with E-state index in [0.717, 1.165) is 25.3 Å². The molecule has 0 atom stereocenters. The predicted octanol–water partition coefficient (Wildman–Crippen LogP) is 5.45. The van der Waals surface area contributed by atoms with Crippen LogP contribution in [0.3, 0.4) is 0 Å². The molecule has 4 aromatic rings. The Kier molecular flexibility index (Phi) is 6.21. The van der Waals surface area contributed by atoms with E-state index < -0.39 is 11.9 Å². The second kappa shape index (κ2) is 9.19. The molecule has 0 aliphatic carbocycles. The summed E-state index contributed by atoms with van der Waals surface area (Å²) in [5.74, 6) is -0.937. The number of carbonyl (C=O) groups excluding carboxylic acids is 2. The number of nitrogens with zero attached hydrogens (tertiary/aromatic N) is 1. The smallest absolute Gasteiger partial charge is 0.338 e. The molecule has 0 fully saturated rings. The molecule has 0 aliphatic rings. The van der Waals surface area contributed by atoms with Gasteiger partial charge >= 0.3 is 5.97 Å². The zero-order chi connectivity index (χ0) is 20.9. The Bertz CT molecular complexity index is 1190. The highest BCUT2D eigenvalue weighted by molar-refractivity contribution is 9.10. The monoisotopic (exact) mass is 480 g/mol. The molecule has 1 heterocycles. The number of hydrogen-bond acceptors (Lipinski definition) is 5. The summed E-state index contributed by atoms with van der Waals surface area (Å²) in [5.41, 5.74) is 2.81. The van der Waals surface area contributed by atoms with Gasteiger partial charge in [0.25, 0.3) is 5.91 Å². The summed E-state index contributed by atoms with van der Waals surface area (Å²) in [4.78, 5) is 29.4. The van der Waals surface area contributed by atoms with Crippen molar-refractivity contribution in [2.45, 2.75) is 6.42 Å². The third-order valence-corrected chi connectivity index (χ3v) is 6.13. The summed E-state index contributed by atoms with van der Waals surface area (Å²) >= 11 is 4.97. The van der Waals surface area contributed by atoms with Crippen LogP contribution in [0.2, 0.25) is 0 Å². The van der Waals surface area contributed by atoms with Crippen LogP contribution in [0.15, 0.2) is 77.3 Å². The van der Waals surface area contributed by atoms with E-state index in [0.29, 0.717) is 17.7 Å². The van der Waals surface area contributed by atoms with Crippen LogP contribution in [-0.4, -0.2) is 23.5 Å². The number of esters is 1. The quantitative estimate of drug-likeness (QED) is 0.372. The lowest BCUT2D eigenvalue weighted by Crippen LogP contribution is -2.21. The number of rotatable bonds is 6. The molecule has 1 amide bonds. The van der Waals surface area contributed by atoms with Gasteiger partial charge in [-0.2, -0.15) is 0 Å². The Balaban J connectivity index is 1.43. The van der Waals surface area contributed by atoms with Gasteiger partial charge in [-0.25, -0.2) is 9.78 Å². The highest BCUT2D eigenvalue weighted by Crippen LogP contribution is 2.25. The first-order valence-electron chi connectivity index (χ1n) is 9.24. The van der Waals surface area contributed by atoms with Gasteiger partial charge in [-0.3, -0.25) is 4.79 Å². The number of para-hydroxylation sites is 2. The normalized spacial score (nSPS) is 10.7. The molecule has 1 aromatic heterocycles. The molecule has 0 unspecified atom stereocenters. The van der Waals surface area contributed by atoms with Crippen LogP contribution in [0, 0.1) is 0 Å². The minimum atomic E-state index is -0.533. The Hall–Kier alpha value is -3.03. The van der Waals surface area contributed by atoms with E-state index in [1.165, 1.54) is 0 Å². The van der Waals surface area contributed by atoms with Gasteiger partial charge in [0.15, 0.2) is 6.61 Å². The summed E-state index contributed by atoms with van der Waals surface area (Å²) in [6, 6.07) is 22.4. The lowest BCUT2D eigenvalue weighted by molar-refractivity contribution is -0.119. The van der Waals surface area contributed by atoms with Crippen LogP contribution < -0.4 is 5.32 Å². The highest BCUT2D eigenvalue weighted by Gasteiger charge is 2.16. The first-order valence-corrected chi connectivity index (χ1v) is 10.8. The molecule has 150 valence electrons. The third-order valence-electron chi connectivity index (χ3n) is 4.40. The Morgan fingerprint density at radius 1 is 0.967 bits per heavy atom. The Morgan fingerprint density at radius 3 is 2.53 bits per heavy atom. The van der Waals surface area contributed by atoms with Crippen LogP contribution in [-0.2, 0) is 16.0 Å². The van der Waals surface area contributed by atoms with Gasteiger partial charge < -0.3 is 10.1 Å². The van der Waals surface area contributed by atoms with Crippen LogP contribution in [0.5, 0.6) is 0 Å². The van der Waals surface area contributed by atoms with Gasteiger partial charge in [0, 0.05) is 10.9 Å². The SMILES string of the molecule is O=C(COC(=O)c1ccccc1Cc1nc2ccccc2s1)Nc1ccccc1Br. The number of hydrogen-bond donors (Lipinski definition) is 1. The average Bonchev–Trinajstić information content (AvgIpc) is 3.16. The minimum absolute atomic E-state index is 0.365. The number of benzene rings is 3. The van der Waals surface area contributed by atoms with E-state index in [1.807, 2.05) is 54.6 Å². The number of fused-ring (bicyclic) bond motifs is 1. The first-order chi connectivity index (χ1) is 14.6. The van der Waals surface area contributed by atoms with Gasteiger partial charge in [-0.15, -0.1) is 11.3 Å². The van der Waals surface area contributed by atoms with Crippen molar-refractivity contribution in [3.63, 3.8) is 0 Å². The van der Waals surface area contributed by atoms with Crippen molar-refractivity contribution >= 4 is 55.0 Å². The summed E-state index contributed by atoms with van der Waals surface area (Å²) in [7, 11) is 0. The van der Waals surface area contributed by atoms with Crippen molar-refractivity contribution in [1.29, 1.82) is 0 Å². The molecule has 0 saturated heterocycles. The first kappa shape index (κ1) is 20.3. The van der Waals surface area contributed by atoms with Crippen LogP contribution in [0.25, 0.3) is 10.2 Å². The zero-order valence-electron chi connectivity index (χ0n) is 15.8. The van der Waals surface area contributed by atoms with Gasteiger partial charge in [0.05, 0.1) is 26.5 Å². The summed E-state index contributed by atoms with van der Waals surface area (Å²) in [6.07, 6.45) is 0.522. The standard InChI is InChI=1S/C23H17BrN2O3S/c24-17-9-3-4-10-18(17)25-21(27)14-29-23(28)16-8-2-1-7-15(16)13-22-26-19-11-5-6-12-20(19)30-22/h1-12H,13-14H2,(H,25,27). The van der Waals surface area contributed by atoms with Crippen molar-refractivity contribution < 1.29 is 14.3 Å². The summed E-state index contributed by atoms with van der Waals surface area (Å²) in [5, 5.41) is 3.63. The van der Waals surface area contributed by atoms with E-state index in [2.05, 4.69) is 26.2 Å². The highest BCUT2D eigenvalue weighted by atomic mass is 79.9. The number of thiazole rings is 1. The van der Waals surface area contributed by atoms with Gasteiger partial charge in [0.2, 0.25) is 0 Å². The maximum Gasteiger partial charge on any atom is 0.338 e. The topological polar surface area (TPSA) is 68.3 Å². The fourth-order valence-corrected chi connectivity index (χ4v) is 4.36. The van der Waals surface area contributed by atoms with E-state index in [9.17, 15) is 9.59 Å². The van der Waals surface area contributed by atoms with Gasteiger partial charge in [-0.1, -0.05) is 42.5 Å². The van der Waals surface area contributed by atoms with Crippen molar-refractivity contribution in [3.05, 3.63) is 93.4 Å². The van der Waals surface area contributed by atoms with Crippen LogP contribution in [0.4, 0.5) is 5.69 Å². The Morgan fingerprint density at radius 2 is 1.70 bits per heavy atom. The minimum Gasteiger partial charge on any atom is -0.452 e. The van der Waals surface area contributed by atoms with Gasteiger partial charge in [-0.05, 0) is 51.8 Å². The molecule has 0 bridgehead atoms. The maximum atomic E-state index is 12.6. The van der Waals surface area contributed by atoms with Crippen LogP contribution >= 0.6 is 27.3 Å². The molecule has 0 spiro atoms.